The predicted molar refractivity (Wildman–Crippen MR) is 145 cm³/mol. The fraction of sp³-hybridized carbons (Fsp3) is 0.833. The van der Waals surface area contributed by atoms with E-state index < -0.39 is 75.7 Å². The largest absolute Gasteiger partial charge is 0.461 e. The molecule has 4 fully saturated rings. The van der Waals surface area contributed by atoms with Crippen LogP contribution in [0.3, 0.4) is 0 Å². The van der Waals surface area contributed by atoms with Crippen LogP contribution in [0, 0.1) is 16.7 Å². The summed E-state index contributed by atoms with van der Waals surface area (Å²) in [6, 6.07) is 0.0503. The van der Waals surface area contributed by atoms with E-state index in [1.165, 1.54) is 13.0 Å². The van der Waals surface area contributed by atoms with Gasteiger partial charge >= 0.3 is 11.9 Å². The van der Waals surface area contributed by atoms with Gasteiger partial charge in [-0.1, -0.05) is 40.7 Å². The summed E-state index contributed by atoms with van der Waals surface area (Å²) in [7, 11) is 0. The van der Waals surface area contributed by atoms with E-state index >= 15 is 0 Å². The molecule has 226 valence electrons. The molecule has 2 saturated heterocycles. The molecule has 4 aliphatic rings. The zero-order valence-electron chi connectivity index (χ0n) is 25.0. The summed E-state index contributed by atoms with van der Waals surface area (Å²) in [4.78, 5) is 40.5. The van der Waals surface area contributed by atoms with E-state index in [0.717, 1.165) is 0 Å². The van der Waals surface area contributed by atoms with Crippen molar-refractivity contribution in [2.45, 2.75) is 128 Å². The van der Waals surface area contributed by atoms with Crippen molar-refractivity contribution in [2.75, 3.05) is 13.2 Å². The molecule has 0 aromatic rings. The van der Waals surface area contributed by atoms with Crippen LogP contribution < -0.4 is 5.32 Å². The lowest BCUT2D eigenvalue weighted by Crippen LogP contribution is -2.87. The Labute approximate surface area is 237 Å². The highest BCUT2D eigenvalue weighted by atomic mass is 16.6. The van der Waals surface area contributed by atoms with Crippen molar-refractivity contribution >= 4 is 17.7 Å². The summed E-state index contributed by atoms with van der Waals surface area (Å²) >= 11 is 0. The van der Waals surface area contributed by atoms with Crippen molar-refractivity contribution in [3.05, 3.63) is 12.7 Å². The van der Waals surface area contributed by atoms with E-state index in [-0.39, 0.29) is 19.0 Å². The third kappa shape index (κ3) is 4.64. The minimum absolute atomic E-state index is 0.0445. The molecule has 0 amide bonds. The molecule has 10 nitrogen and oxygen atoms in total. The predicted octanol–water partition coefficient (Wildman–Crippen LogP) is 2.23. The van der Waals surface area contributed by atoms with Crippen LogP contribution in [0.5, 0.6) is 0 Å². The summed E-state index contributed by atoms with van der Waals surface area (Å²) in [5, 5.41) is 28.0. The molecule has 9 atom stereocenters. The summed E-state index contributed by atoms with van der Waals surface area (Å²) in [5.41, 5.74) is -7.51. The third-order valence-corrected chi connectivity index (χ3v) is 10.1. The van der Waals surface area contributed by atoms with Crippen LogP contribution in [0.25, 0.3) is 0 Å². The maximum absolute atomic E-state index is 14.3. The fourth-order valence-electron chi connectivity index (χ4n) is 8.09. The van der Waals surface area contributed by atoms with E-state index in [2.05, 4.69) is 11.9 Å². The zero-order valence-corrected chi connectivity index (χ0v) is 25.0. The van der Waals surface area contributed by atoms with Crippen molar-refractivity contribution in [3.63, 3.8) is 0 Å². The summed E-state index contributed by atoms with van der Waals surface area (Å²) in [6.45, 7) is 16.8. The van der Waals surface area contributed by atoms with Gasteiger partial charge in [0.2, 0.25) is 0 Å². The molecular formula is C30H47NO9. The molecule has 2 saturated carbocycles. The first-order chi connectivity index (χ1) is 18.5. The van der Waals surface area contributed by atoms with E-state index in [9.17, 15) is 24.6 Å². The van der Waals surface area contributed by atoms with Crippen LogP contribution in [0.2, 0.25) is 0 Å². The summed E-state index contributed by atoms with van der Waals surface area (Å²) in [5.74, 6) is -2.54. The van der Waals surface area contributed by atoms with Gasteiger partial charge in [-0.05, 0) is 44.9 Å². The second-order valence-corrected chi connectivity index (χ2v) is 13.7. The Morgan fingerprint density at radius 1 is 1.18 bits per heavy atom. The van der Waals surface area contributed by atoms with Crippen LogP contribution in [0.15, 0.2) is 12.7 Å². The molecule has 0 spiro atoms. The van der Waals surface area contributed by atoms with Gasteiger partial charge < -0.3 is 34.5 Å². The number of nitrogens with one attached hydrogen (secondary N) is 1. The second kappa shape index (κ2) is 10.5. The Bertz CT molecular complexity index is 1040. The molecule has 0 bridgehead atoms. The van der Waals surface area contributed by atoms with Crippen molar-refractivity contribution in [1.82, 2.24) is 5.32 Å². The number of aliphatic hydroxyl groups is 2. The number of fused-ring (bicyclic) bond motifs is 3. The van der Waals surface area contributed by atoms with Crippen LogP contribution >= 0.6 is 0 Å². The van der Waals surface area contributed by atoms with Gasteiger partial charge in [-0.15, -0.1) is 6.58 Å². The normalized spacial score (nSPS) is 44.5. The molecule has 2 heterocycles. The Balaban J connectivity index is 1.86. The van der Waals surface area contributed by atoms with Gasteiger partial charge in [0, 0.05) is 30.4 Å². The Morgan fingerprint density at radius 2 is 1.85 bits per heavy atom. The highest BCUT2D eigenvalue weighted by Gasteiger charge is 2.82. The standard InChI is InChI=1S/C30H47NO9/c1-9-27(6)15-19(32)30(36)28(7)20(38-21(33)16-31-17(2)3)12-13-26(4,5)23(28)22(34)24(29(30,8)40-27)39-25(35)18-11-10-14-37-18/h9,17-18,20,22-24,31,34,36H,1,10-16H2,2-8H3/t18?,20-,22-,23-,24-,27-,28-,29+,30-/m0/s1. The number of carbonyl (C=O) groups excluding carboxylic acids is 3. The van der Waals surface area contributed by atoms with Gasteiger partial charge in [0.1, 0.15) is 11.7 Å². The molecule has 4 rings (SSSR count). The molecule has 2 aliphatic carbocycles. The Hall–Kier alpha value is -1.85. The number of ketones is 1. The Morgan fingerprint density at radius 3 is 2.42 bits per heavy atom. The van der Waals surface area contributed by atoms with Crippen LogP contribution in [0.1, 0.15) is 80.6 Å². The summed E-state index contributed by atoms with van der Waals surface area (Å²) in [6.07, 6.45) is -1.11. The average Bonchev–Trinajstić information content (AvgIpc) is 3.40. The highest BCUT2D eigenvalue weighted by molar-refractivity contribution is 5.92. The molecular weight excluding hydrogens is 518 g/mol. The number of Topliss-reactive ketones (excluding diaryl/α,β-unsaturated/α-hetero) is 1. The van der Waals surface area contributed by atoms with Crippen molar-refractivity contribution < 1.29 is 43.5 Å². The van der Waals surface area contributed by atoms with Crippen LogP contribution in [-0.2, 0) is 33.3 Å². The third-order valence-electron chi connectivity index (χ3n) is 10.1. The lowest BCUT2D eigenvalue weighted by molar-refractivity contribution is -0.371. The van der Waals surface area contributed by atoms with Gasteiger partial charge in [0.25, 0.3) is 0 Å². The fourth-order valence-corrected chi connectivity index (χ4v) is 8.09. The number of hydrogen-bond acceptors (Lipinski definition) is 10. The first kappa shape index (κ1) is 31.1. The molecule has 10 heteroatoms. The number of hydrogen-bond donors (Lipinski definition) is 3. The second-order valence-electron chi connectivity index (χ2n) is 13.7. The van der Waals surface area contributed by atoms with Gasteiger partial charge in [-0.2, -0.15) is 0 Å². The number of esters is 2. The van der Waals surface area contributed by atoms with E-state index in [0.29, 0.717) is 32.3 Å². The maximum atomic E-state index is 14.3. The molecule has 0 radical (unpaired) electrons. The topological polar surface area (TPSA) is 141 Å². The molecule has 40 heavy (non-hydrogen) atoms. The molecule has 2 aliphatic heterocycles. The van der Waals surface area contributed by atoms with Gasteiger partial charge in [0.15, 0.2) is 23.6 Å². The SMILES string of the molecule is C=C[C@@]1(C)CC(=O)[C@]2(O)[C@@]3(C)[C@@H](OC(=O)CNC(C)C)CCC(C)(C)[C@@H]3[C@H](O)[C@H](OC(=O)C3CCCO3)[C@@]2(C)O1. The van der Waals surface area contributed by atoms with E-state index in [4.69, 9.17) is 18.9 Å². The number of aliphatic hydroxyl groups excluding tert-OH is 1. The monoisotopic (exact) mass is 565 g/mol. The van der Waals surface area contributed by atoms with Gasteiger partial charge in [-0.25, -0.2) is 4.79 Å². The van der Waals surface area contributed by atoms with Crippen LogP contribution in [0.4, 0.5) is 0 Å². The lowest BCUT2D eigenvalue weighted by Gasteiger charge is -2.71. The highest BCUT2D eigenvalue weighted by Crippen LogP contribution is 2.67. The average molecular weight is 566 g/mol. The van der Waals surface area contributed by atoms with Gasteiger partial charge in [0.05, 0.1) is 18.2 Å². The van der Waals surface area contributed by atoms with Crippen LogP contribution in [-0.4, -0.2) is 88.3 Å². The molecule has 0 aromatic carbocycles. The number of rotatable bonds is 7. The first-order valence-electron chi connectivity index (χ1n) is 14.5. The molecule has 1 unspecified atom stereocenters. The van der Waals surface area contributed by atoms with Crippen molar-refractivity contribution in [3.8, 4) is 0 Å². The Kier molecular flexibility index (Phi) is 8.13. The minimum Gasteiger partial charge on any atom is -0.461 e. The van der Waals surface area contributed by atoms with Gasteiger partial charge in [-0.3, -0.25) is 9.59 Å². The zero-order chi connectivity index (χ0) is 29.9. The minimum atomic E-state index is -2.29. The van der Waals surface area contributed by atoms with Crippen molar-refractivity contribution in [2.24, 2.45) is 16.7 Å². The quantitative estimate of drug-likeness (QED) is 0.311. The number of carbonyl (C=O) groups is 3. The first-order valence-corrected chi connectivity index (χ1v) is 14.5. The smallest absolute Gasteiger partial charge is 0.335 e. The summed E-state index contributed by atoms with van der Waals surface area (Å²) < 4.78 is 24.0. The maximum Gasteiger partial charge on any atom is 0.335 e. The van der Waals surface area contributed by atoms with Crippen molar-refractivity contribution in [1.29, 1.82) is 0 Å². The lowest BCUT2D eigenvalue weighted by atomic mass is 9.39. The van der Waals surface area contributed by atoms with E-state index in [1.54, 1.807) is 13.8 Å². The number of ether oxygens (including phenoxy) is 4. The molecule has 0 aromatic heterocycles. The van der Waals surface area contributed by atoms with E-state index in [1.807, 2.05) is 27.7 Å². The molecule has 3 N–H and O–H groups in total.